The summed E-state index contributed by atoms with van der Waals surface area (Å²) in [6.07, 6.45) is 2.07. The molecule has 2 aromatic rings. The van der Waals surface area contributed by atoms with Gasteiger partial charge in [-0.05, 0) is 23.8 Å². The second-order valence-corrected chi connectivity index (χ2v) is 5.06. The van der Waals surface area contributed by atoms with Gasteiger partial charge in [0.1, 0.15) is 5.75 Å². The standard InChI is InChI=1S/C15H21N3O2/c1-19-11-2-3-14-12(8-11)13(10-17-14)15(9-16)18-4-6-20-7-5-18/h2-3,8,10,15,17H,4-7,9,16H2,1H3. The van der Waals surface area contributed by atoms with E-state index < -0.39 is 0 Å². The van der Waals surface area contributed by atoms with Crippen LogP contribution in [0.1, 0.15) is 11.6 Å². The Morgan fingerprint density at radius 2 is 2.20 bits per heavy atom. The summed E-state index contributed by atoms with van der Waals surface area (Å²) in [5.74, 6) is 0.871. The third kappa shape index (κ3) is 2.40. The van der Waals surface area contributed by atoms with Crippen molar-refractivity contribution < 1.29 is 9.47 Å². The monoisotopic (exact) mass is 275 g/mol. The summed E-state index contributed by atoms with van der Waals surface area (Å²) in [5, 5.41) is 1.19. The fourth-order valence-corrected chi connectivity index (χ4v) is 2.89. The quantitative estimate of drug-likeness (QED) is 0.888. The van der Waals surface area contributed by atoms with Crippen LogP contribution in [0.3, 0.4) is 0 Å². The van der Waals surface area contributed by atoms with Crippen LogP contribution in [0.4, 0.5) is 0 Å². The molecule has 0 radical (unpaired) electrons. The summed E-state index contributed by atoms with van der Waals surface area (Å²) in [4.78, 5) is 5.72. The highest BCUT2D eigenvalue weighted by molar-refractivity contribution is 5.85. The van der Waals surface area contributed by atoms with Crippen molar-refractivity contribution in [2.75, 3.05) is 40.0 Å². The van der Waals surface area contributed by atoms with Crippen molar-refractivity contribution in [1.82, 2.24) is 9.88 Å². The highest BCUT2D eigenvalue weighted by atomic mass is 16.5. The zero-order chi connectivity index (χ0) is 13.9. The molecule has 0 saturated carbocycles. The maximum Gasteiger partial charge on any atom is 0.119 e. The van der Waals surface area contributed by atoms with Crippen molar-refractivity contribution in [2.24, 2.45) is 5.73 Å². The lowest BCUT2D eigenvalue weighted by Crippen LogP contribution is -2.41. The Bertz CT molecular complexity index is 576. The van der Waals surface area contributed by atoms with Crippen LogP contribution in [0.25, 0.3) is 10.9 Å². The first-order valence-corrected chi connectivity index (χ1v) is 7.00. The van der Waals surface area contributed by atoms with Gasteiger partial charge in [0, 0.05) is 42.8 Å². The number of aromatic nitrogens is 1. The highest BCUT2D eigenvalue weighted by Gasteiger charge is 2.23. The Labute approximate surface area is 118 Å². The van der Waals surface area contributed by atoms with Gasteiger partial charge in [-0.3, -0.25) is 4.90 Å². The number of nitrogens with zero attached hydrogens (tertiary/aromatic N) is 1. The Morgan fingerprint density at radius 3 is 2.90 bits per heavy atom. The maximum atomic E-state index is 6.03. The first-order chi connectivity index (χ1) is 9.83. The Balaban J connectivity index is 1.97. The van der Waals surface area contributed by atoms with E-state index in [2.05, 4.69) is 22.1 Å². The average molecular weight is 275 g/mol. The van der Waals surface area contributed by atoms with Crippen LogP contribution < -0.4 is 10.5 Å². The Morgan fingerprint density at radius 1 is 1.40 bits per heavy atom. The molecule has 3 N–H and O–H groups in total. The van der Waals surface area contributed by atoms with Crippen molar-refractivity contribution >= 4 is 10.9 Å². The van der Waals surface area contributed by atoms with E-state index >= 15 is 0 Å². The number of nitrogens with two attached hydrogens (primary N) is 1. The van der Waals surface area contributed by atoms with Gasteiger partial charge >= 0.3 is 0 Å². The van der Waals surface area contributed by atoms with Crippen molar-refractivity contribution in [3.8, 4) is 5.75 Å². The van der Waals surface area contributed by atoms with Crippen LogP contribution in [0.5, 0.6) is 5.75 Å². The van der Waals surface area contributed by atoms with E-state index in [1.54, 1.807) is 7.11 Å². The first kappa shape index (κ1) is 13.4. The van der Waals surface area contributed by atoms with E-state index in [1.807, 2.05) is 12.1 Å². The molecule has 5 nitrogen and oxygen atoms in total. The van der Waals surface area contributed by atoms with Crippen LogP contribution in [0.2, 0.25) is 0 Å². The summed E-state index contributed by atoms with van der Waals surface area (Å²) < 4.78 is 10.8. The number of ether oxygens (including phenoxy) is 2. The number of aromatic amines is 1. The van der Waals surface area contributed by atoms with Gasteiger partial charge in [-0.15, -0.1) is 0 Å². The topological polar surface area (TPSA) is 63.5 Å². The number of methoxy groups -OCH3 is 1. The van der Waals surface area contributed by atoms with Gasteiger partial charge < -0.3 is 20.2 Å². The molecule has 3 rings (SSSR count). The van der Waals surface area contributed by atoms with Crippen LogP contribution in [0, 0.1) is 0 Å². The molecule has 0 amide bonds. The number of hydrogen-bond acceptors (Lipinski definition) is 4. The lowest BCUT2D eigenvalue weighted by atomic mass is 10.0. The number of benzene rings is 1. The van der Waals surface area contributed by atoms with Gasteiger partial charge in [-0.1, -0.05) is 0 Å². The molecule has 1 fully saturated rings. The number of H-pyrrole nitrogens is 1. The first-order valence-electron chi connectivity index (χ1n) is 7.00. The zero-order valence-electron chi connectivity index (χ0n) is 11.8. The van der Waals surface area contributed by atoms with E-state index in [0.29, 0.717) is 6.54 Å². The minimum absolute atomic E-state index is 0.222. The molecule has 1 saturated heterocycles. The molecule has 1 unspecified atom stereocenters. The molecule has 0 spiro atoms. The normalized spacial score (nSPS) is 18.3. The number of morpholine rings is 1. The Hall–Kier alpha value is -1.56. The molecule has 2 heterocycles. The van der Waals surface area contributed by atoms with E-state index in [9.17, 15) is 0 Å². The van der Waals surface area contributed by atoms with E-state index in [0.717, 1.165) is 37.6 Å². The van der Waals surface area contributed by atoms with Gasteiger partial charge in [0.25, 0.3) is 0 Å². The van der Waals surface area contributed by atoms with Gasteiger partial charge in [-0.25, -0.2) is 0 Å². The summed E-state index contributed by atoms with van der Waals surface area (Å²) in [6, 6.07) is 6.31. The summed E-state index contributed by atoms with van der Waals surface area (Å²) in [5.41, 5.74) is 8.39. The second-order valence-electron chi connectivity index (χ2n) is 5.06. The van der Waals surface area contributed by atoms with Crippen LogP contribution in [-0.4, -0.2) is 49.8 Å². The van der Waals surface area contributed by atoms with Crippen molar-refractivity contribution in [1.29, 1.82) is 0 Å². The largest absolute Gasteiger partial charge is 0.497 e. The molecular formula is C15H21N3O2. The van der Waals surface area contributed by atoms with E-state index in [4.69, 9.17) is 15.2 Å². The fourth-order valence-electron chi connectivity index (χ4n) is 2.89. The third-order valence-electron chi connectivity index (χ3n) is 3.99. The molecular weight excluding hydrogens is 254 g/mol. The molecule has 0 bridgehead atoms. The average Bonchev–Trinajstić information content (AvgIpc) is 2.92. The van der Waals surface area contributed by atoms with E-state index in [-0.39, 0.29) is 6.04 Å². The van der Waals surface area contributed by atoms with Crippen molar-refractivity contribution in [3.63, 3.8) is 0 Å². The number of fused-ring (bicyclic) bond motifs is 1. The molecule has 5 heteroatoms. The van der Waals surface area contributed by atoms with Crippen LogP contribution >= 0.6 is 0 Å². The van der Waals surface area contributed by atoms with Crippen LogP contribution in [-0.2, 0) is 4.74 Å². The van der Waals surface area contributed by atoms with Gasteiger partial charge in [0.15, 0.2) is 0 Å². The van der Waals surface area contributed by atoms with Crippen molar-refractivity contribution in [3.05, 3.63) is 30.0 Å². The minimum atomic E-state index is 0.222. The smallest absolute Gasteiger partial charge is 0.119 e. The number of nitrogens with one attached hydrogen (secondary N) is 1. The number of rotatable bonds is 4. The number of hydrogen-bond donors (Lipinski definition) is 2. The van der Waals surface area contributed by atoms with Crippen LogP contribution in [0.15, 0.2) is 24.4 Å². The molecule has 1 aromatic heterocycles. The summed E-state index contributed by atoms with van der Waals surface area (Å²) in [7, 11) is 1.69. The third-order valence-corrected chi connectivity index (χ3v) is 3.99. The summed E-state index contributed by atoms with van der Waals surface area (Å²) in [6.45, 7) is 4.02. The lowest BCUT2D eigenvalue weighted by molar-refractivity contribution is 0.0181. The van der Waals surface area contributed by atoms with E-state index in [1.165, 1.54) is 10.9 Å². The second kappa shape index (κ2) is 5.83. The molecule has 1 aliphatic rings. The Kier molecular flexibility index (Phi) is 3.91. The lowest BCUT2D eigenvalue weighted by Gasteiger charge is -2.33. The molecule has 20 heavy (non-hydrogen) atoms. The summed E-state index contributed by atoms with van der Waals surface area (Å²) >= 11 is 0. The minimum Gasteiger partial charge on any atom is -0.497 e. The highest BCUT2D eigenvalue weighted by Crippen LogP contribution is 2.30. The molecule has 0 aliphatic carbocycles. The predicted molar refractivity (Wildman–Crippen MR) is 79.0 cm³/mol. The van der Waals surface area contributed by atoms with Crippen molar-refractivity contribution in [2.45, 2.75) is 6.04 Å². The molecule has 1 atom stereocenters. The van der Waals surface area contributed by atoms with Gasteiger partial charge in [0.05, 0.1) is 20.3 Å². The van der Waals surface area contributed by atoms with Gasteiger partial charge in [0.2, 0.25) is 0 Å². The molecule has 1 aromatic carbocycles. The molecule has 1 aliphatic heterocycles. The maximum absolute atomic E-state index is 6.03. The fraction of sp³-hybridized carbons (Fsp3) is 0.467. The molecule has 108 valence electrons. The zero-order valence-corrected chi connectivity index (χ0v) is 11.8. The SMILES string of the molecule is COc1ccc2[nH]cc(C(CN)N3CCOCC3)c2c1. The predicted octanol–water partition coefficient (Wildman–Crippen LogP) is 1.51. The van der Waals surface area contributed by atoms with Gasteiger partial charge in [-0.2, -0.15) is 0 Å².